The second-order valence-corrected chi connectivity index (χ2v) is 10.6. The molecule has 226 valence electrons. The average molecular weight is 603 g/mol. The van der Waals surface area contributed by atoms with Crippen LogP contribution >= 0.6 is 24.8 Å². The topological polar surface area (TPSA) is 98.2 Å². The molecule has 0 bridgehead atoms. The summed E-state index contributed by atoms with van der Waals surface area (Å²) in [7, 11) is 3.32. The number of rotatable bonds is 11. The minimum Gasteiger partial charge on any atom is -0.494 e. The molecule has 1 aromatic carbocycles. The first kappa shape index (κ1) is 34.1. The van der Waals surface area contributed by atoms with E-state index in [1.54, 1.807) is 14.2 Å². The summed E-state index contributed by atoms with van der Waals surface area (Å²) in [4.78, 5) is 36.2. The number of hydrogen-bond donors (Lipinski definition) is 1. The summed E-state index contributed by atoms with van der Waals surface area (Å²) < 4.78 is 18.3. The van der Waals surface area contributed by atoms with Crippen LogP contribution in [0.2, 0.25) is 0 Å². The number of carbonyl (C=O) groups is 2. The third-order valence-electron chi connectivity index (χ3n) is 7.40. The Morgan fingerprint density at radius 2 is 1.90 bits per heavy atom. The Morgan fingerprint density at radius 3 is 2.58 bits per heavy atom. The van der Waals surface area contributed by atoms with Crippen LogP contribution in [0.4, 0.5) is 0 Å². The quantitative estimate of drug-likeness (QED) is 0.395. The highest BCUT2D eigenvalue weighted by Gasteiger charge is 2.37. The fourth-order valence-corrected chi connectivity index (χ4v) is 5.50. The molecule has 2 amide bonds. The molecule has 1 aromatic heterocycles. The van der Waals surface area contributed by atoms with Crippen LogP contribution in [0.15, 0.2) is 18.2 Å². The Bertz CT molecular complexity index is 1090. The lowest BCUT2D eigenvalue weighted by molar-refractivity contribution is -0.140. The number of imidazole rings is 1. The van der Waals surface area contributed by atoms with Crippen LogP contribution in [0.5, 0.6) is 5.75 Å². The number of halogens is 2. The molecule has 40 heavy (non-hydrogen) atoms. The number of amides is 2. The summed E-state index contributed by atoms with van der Waals surface area (Å²) in [5.74, 6) is 1.22. The number of aromatic nitrogens is 2. The van der Waals surface area contributed by atoms with E-state index in [1.165, 1.54) is 0 Å². The number of methoxy groups -OCH3 is 2. The van der Waals surface area contributed by atoms with E-state index in [4.69, 9.17) is 19.2 Å². The van der Waals surface area contributed by atoms with Crippen molar-refractivity contribution < 1.29 is 23.8 Å². The van der Waals surface area contributed by atoms with Crippen LogP contribution in [-0.2, 0) is 20.8 Å². The highest BCUT2D eigenvalue weighted by Crippen LogP contribution is 2.28. The van der Waals surface area contributed by atoms with Crippen molar-refractivity contribution in [3.63, 3.8) is 0 Å². The van der Waals surface area contributed by atoms with E-state index in [1.807, 2.05) is 32.6 Å². The normalized spacial score (nSPS) is 19.2. The molecule has 3 heterocycles. The molecule has 0 aliphatic carbocycles. The van der Waals surface area contributed by atoms with E-state index in [0.29, 0.717) is 82.6 Å². The molecule has 2 aliphatic rings. The van der Waals surface area contributed by atoms with Gasteiger partial charge in [-0.3, -0.25) is 9.59 Å². The summed E-state index contributed by atoms with van der Waals surface area (Å²) in [6.07, 6.45) is 2.39. The second kappa shape index (κ2) is 16.4. The monoisotopic (exact) mass is 601 g/mol. The summed E-state index contributed by atoms with van der Waals surface area (Å²) in [5, 5.41) is 3.44. The molecule has 0 radical (unpaired) electrons. The van der Waals surface area contributed by atoms with Crippen LogP contribution in [0.3, 0.4) is 0 Å². The molecular weight excluding hydrogens is 557 g/mol. The van der Waals surface area contributed by atoms with Gasteiger partial charge in [-0.1, -0.05) is 19.9 Å². The van der Waals surface area contributed by atoms with Gasteiger partial charge in [0.05, 0.1) is 31.8 Å². The molecular formula is C28H45Cl2N5O5. The zero-order chi connectivity index (χ0) is 27.1. The number of carbonyl (C=O) groups excluding carboxylic acids is 2. The Kier molecular flexibility index (Phi) is 13.9. The Labute approximate surface area is 249 Å². The third-order valence-corrected chi connectivity index (χ3v) is 7.40. The van der Waals surface area contributed by atoms with E-state index in [-0.39, 0.29) is 54.5 Å². The number of fused-ring (bicyclic) bond motifs is 1. The van der Waals surface area contributed by atoms with Crippen LogP contribution in [0.25, 0.3) is 11.0 Å². The van der Waals surface area contributed by atoms with Crippen LogP contribution in [0, 0.1) is 11.8 Å². The number of piperidine rings is 1. The smallest absolute Gasteiger partial charge is 0.290 e. The molecule has 10 nitrogen and oxygen atoms in total. The van der Waals surface area contributed by atoms with Crippen molar-refractivity contribution in [1.29, 1.82) is 0 Å². The van der Waals surface area contributed by atoms with E-state index >= 15 is 0 Å². The van der Waals surface area contributed by atoms with Gasteiger partial charge in [0.1, 0.15) is 11.3 Å². The van der Waals surface area contributed by atoms with Crippen molar-refractivity contribution in [2.24, 2.45) is 11.8 Å². The molecule has 0 spiro atoms. The second-order valence-electron chi connectivity index (χ2n) is 10.6. The molecule has 2 aromatic rings. The van der Waals surface area contributed by atoms with E-state index in [9.17, 15) is 9.59 Å². The summed E-state index contributed by atoms with van der Waals surface area (Å²) in [5.41, 5.74) is 1.58. The first-order valence-electron chi connectivity index (χ1n) is 13.8. The highest BCUT2D eigenvalue weighted by molar-refractivity contribution is 5.96. The fraction of sp³-hybridized carbons (Fsp3) is 0.679. The number of para-hydroxylation sites is 1. The first-order chi connectivity index (χ1) is 18.4. The van der Waals surface area contributed by atoms with Crippen molar-refractivity contribution in [2.45, 2.75) is 45.7 Å². The van der Waals surface area contributed by atoms with Crippen molar-refractivity contribution in [3.8, 4) is 5.75 Å². The molecule has 1 N–H and O–H groups in total. The average Bonchev–Trinajstić information content (AvgIpc) is 3.32. The van der Waals surface area contributed by atoms with E-state index in [0.717, 1.165) is 18.4 Å². The number of nitrogens with zero attached hydrogens (tertiary/aromatic N) is 4. The number of hydrogen-bond acceptors (Lipinski definition) is 7. The van der Waals surface area contributed by atoms with Gasteiger partial charge in [-0.2, -0.15) is 0 Å². The Hall–Kier alpha value is -2.11. The minimum absolute atomic E-state index is 0. The van der Waals surface area contributed by atoms with Gasteiger partial charge in [-0.25, -0.2) is 4.98 Å². The standard InChI is InChI=1S/C28H43N5O5.2ClH/c1-20(2)19-33(22-16-21(17-29-18-22)27(34)31-11-14-38-15-12-31)28(35)26-30-25-23(8-7-9-24(25)37-4)32(26)10-5-6-13-36-3;;/h7-9,20-22,29H,5-6,10-19H2,1-4H3;2*1H/t21-,22+;;/m1../s1. The maximum absolute atomic E-state index is 14.3. The van der Waals surface area contributed by atoms with Crippen molar-refractivity contribution in [2.75, 3.05) is 66.8 Å². The molecule has 2 aliphatic heterocycles. The molecule has 2 atom stereocenters. The van der Waals surface area contributed by atoms with Gasteiger partial charge in [0.2, 0.25) is 5.91 Å². The van der Waals surface area contributed by atoms with Crippen LogP contribution in [-0.4, -0.2) is 104 Å². The maximum Gasteiger partial charge on any atom is 0.290 e. The number of ether oxygens (including phenoxy) is 3. The zero-order valence-electron chi connectivity index (χ0n) is 24.1. The summed E-state index contributed by atoms with van der Waals surface area (Å²) >= 11 is 0. The van der Waals surface area contributed by atoms with E-state index in [2.05, 4.69) is 19.2 Å². The summed E-state index contributed by atoms with van der Waals surface area (Å²) in [6, 6.07) is 5.70. The third kappa shape index (κ3) is 8.00. The number of benzene rings is 1. The Balaban J connectivity index is 0.00000280. The van der Waals surface area contributed by atoms with Gasteiger partial charge in [-0.15, -0.1) is 24.8 Å². The van der Waals surface area contributed by atoms with Gasteiger partial charge >= 0.3 is 0 Å². The van der Waals surface area contributed by atoms with Gasteiger partial charge in [-0.05, 0) is 37.3 Å². The van der Waals surface area contributed by atoms with Crippen LogP contribution < -0.4 is 10.1 Å². The van der Waals surface area contributed by atoms with Crippen molar-refractivity contribution in [1.82, 2.24) is 24.7 Å². The zero-order valence-corrected chi connectivity index (χ0v) is 25.7. The predicted molar refractivity (Wildman–Crippen MR) is 160 cm³/mol. The number of nitrogens with one attached hydrogen (secondary N) is 1. The molecule has 2 fully saturated rings. The minimum atomic E-state index is -0.165. The molecule has 12 heteroatoms. The fourth-order valence-electron chi connectivity index (χ4n) is 5.50. The summed E-state index contributed by atoms with van der Waals surface area (Å²) in [6.45, 7) is 9.85. The van der Waals surface area contributed by atoms with Crippen molar-refractivity contribution in [3.05, 3.63) is 24.0 Å². The molecule has 2 saturated heterocycles. The molecule has 0 unspecified atom stereocenters. The lowest BCUT2D eigenvalue weighted by Gasteiger charge is -2.40. The first-order valence-corrected chi connectivity index (χ1v) is 13.8. The highest BCUT2D eigenvalue weighted by atomic mass is 35.5. The molecule has 0 saturated carbocycles. The number of unbranched alkanes of at least 4 members (excludes halogenated alkanes) is 1. The number of morpholine rings is 1. The van der Waals surface area contributed by atoms with Gasteiger partial charge in [0, 0.05) is 59.0 Å². The largest absolute Gasteiger partial charge is 0.494 e. The van der Waals surface area contributed by atoms with Gasteiger partial charge < -0.3 is 33.9 Å². The lowest BCUT2D eigenvalue weighted by Crippen LogP contribution is -2.56. The lowest BCUT2D eigenvalue weighted by atomic mass is 9.92. The van der Waals surface area contributed by atoms with Gasteiger partial charge in [0.15, 0.2) is 5.82 Å². The SMILES string of the molecule is COCCCCn1c(C(=O)N(CC(C)C)[C@@H]2CNC[C@H](C(=O)N3CCOCC3)C2)nc2c(OC)cccc21.Cl.Cl. The van der Waals surface area contributed by atoms with Gasteiger partial charge in [0.25, 0.3) is 5.91 Å². The molecule has 4 rings (SSSR count). The maximum atomic E-state index is 14.3. The van der Waals surface area contributed by atoms with Crippen molar-refractivity contribution >= 4 is 47.7 Å². The Morgan fingerprint density at radius 1 is 1.15 bits per heavy atom. The van der Waals surface area contributed by atoms with Crippen LogP contribution in [0.1, 0.15) is 43.7 Å². The van der Waals surface area contributed by atoms with E-state index < -0.39 is 0 Å². The number of aryl methyl sites for hydroxylation is 1. The predicted octanol–water partition coefficient (Wildman–Crippen LogP) is 3.25.